The second-order valence-electron chi connectivity index (χ2n) is 4.11. The molecule has 0 aliphatic rings. The molecule has 0 aliphatic carbocycles. The molecule has 2 aromatic rings. The van der Waals surface area contributed by atoms with E-state index in [9.17, 15) is 9.59 Å². The van der Waals surface area contributed by atoms with Crippen molar-refractivity contribution in [3.63, 3.8) is 0 Å². The van der Waals surface area contributed by atoms with Crippen molar-refractivity contribution in [1.29, 1.82) is 0 Å². The number of hydrogen-bond donors (Lipinski definition) is 2. The van der Waals surface area contributed by atoms with Crippen LogP contribution in [0.25, 0.3) is 0 Å². The molecule has 1 aromatic heterocycles. The van der Waals surface area contributed by atoms with Gasteiger partial charge in [0, 0.05) is 11.8 Å². The lowest BCUT2D eigenvalue weighted by Crippen LogP contribution is -2.13. The van der Waals surface area contributed by atoms with Crippen LogP contribution < -0.4 is 11.1 Å². The average molecular weight is 306 g/mol. The zero-order chi connectivity index (χ0) is 15.4. The SMILES string of the molecule is COC(=O)c1ccc(Cl)c(NC(=O)c2ccnc(N)c2)c1. The zero-order valence-corrected chi connectivity index (χ0v) is 11.8. The van der Waals surface area contributed by atoms with E-state index in [-0.39, 0.29) is 11.4 Å². The van der Waals surface area contributed by atoms with Crippen LogP contribution in [0.1, 0.15) is 20.7 Å². The van der Waals surface area contributed by atoms with Gasteiger partial charge in [-0.25, -0.2) is 9.78 Å². The Balaban J connectivity index is 2.26. The lowest BCUT2D eigenvalue weighted by Gasteiger charge is -2.09. The summed E-state index contributed by atoms with van der Waals surface area (Å²) in [5, 5.41) is 2.91. The second-order valence-corrected chi connectivity index (χ2v) is 4.52. The van der Waals surface area contributed by atoms with Crippen molar-refractivity contribution in [2.45, 2.75) is 0 Å². The van der Waals surface area contributed by atoms with E-state index in [1.165, 1.54) is 43.6 Å². The molecule has 2 rings (SSSR count). The first-order valence-corrected chi connectivity index (χ1v) is 6.30. The van der Waals surface area contributed by atoms with Gasteiger partial charge in [-0.15, -0.1) is 0 Å². The molecule has 0 saturated carbocycles. The number of pyridine rings is 1. The van der Waals surface area contributed by atoms with Crippen molar-refractivity contribution in [3.05, 3.63) is 52.7 Å². The third kappa shape index (κ3) is 3.49. The number of rotatable bonds is 3. The summed E-state index contributed by atoms with van der Waals surface area (Å²) in [6.07, 6.45) is 1.43. The number of anilines is 2. The minimum absolute atomic E-state index is 0.233. The Kier molecular flexibility index (Phi) is 4.39. The minimum atomic E-state index is -0.518. The highest BCUT2D eigenvalue weighted by atomic mass is 35.5. The Morgan fingerprint density at radius 2 is 2.00 bits per heavy atom. The van der Waals surface area contributed by atoms with Crippen LogP contribution in [0.2, 0.25) is 5.02 Å². The summed E-state index contributed by atoms with van der Waals surface area (Å²) in [7, 11) is 1.27. The van der Waals surface area contributed by atoms with E-state index in [1.807, 2.05) is 0 Å². The van der Waals surface area contributed by atoms with Gasteiger partial charge in [0.1, 0.15) is 5.82 Å². The smallest absolute Gasteiger partial charge is 0.337 e. The van der Waals surface area contributed by atoms with Crippen LogP contribution in [-0.4, -0.2) is 24.0 Å². The molecule has 3 N–H and O–H groups in total. The van der Waals surface area contributed by atoms with E-state index in [0.29, 0.717) is 16.3 Å². The van der Waals surface area contributed by atoms with Crippen molar-refractivity contribution in [2.24, 2.45) is 0 Å². The van der Waals surface area contributed by atoms with Crippen LogP contribution in [0.5, 0.6) is 0 Å². The zero-order valence-electron chi connectivity index (χ0n) is 11.1. The summed E-state index contributed by atoms with van der Waals surface area (Å²) < 4.78 is 4.62. The van der Waals surface area contributed by atoms with Gasteiger partial charge in [0.05, 0.1) is 23.4 Å². The van der Waals surface area contributed by atoms with Gasteiger partial charge >= 0.3 is 5.97 Å². The number of aromatic nitrogens is 1. The molecule has 1 amide bonds. The first kappa shape index (κ1) is 14.8. The third-order valence-electron chi connectivity index (χ3n) is 2.68. The topological polar surface area (TPSA) is 94.3 Å². The molecule has 108 valence electrons. The number of esters is 1. The second kappa shape index (κ2) is 6.23. The molecule has 0 atom stereocenters. The number of methoxy groups -OCH3 is 1. The van der Waals surface area contributed by atoms with Gasteiger partial charge in [0.15, 0.2) is 0 Å². The number of ether oxygens (including phenoxy) is 1. The lowest BCUT2D eigenvalue weighted by molar-refractivity contribution is 0.0600. The van der Waals surface area contributed by atoms with Crippen molar-refractivity contribution >= 4 is 35.0 Å². The fourth-order valence-electron chi connectivity index (χ4n) is 1.65. The third-order valence-corrected chi connectivity index (χ3v) is 3.01. The summed E-state index contributed by atoms with van der Waals surface area (Å²) in [5.41, 5.74) is 6.45. The summed E-state index contributed by atoms with van der Waals surface area (Å²) in [4.78, 5) is 27.4. The number of carbonyl (C=O) groups excluding carboxylic acids is 2. The molecule has 0 spiro atoms. The van der Waals surface area contributed by atoms with Gasteiger partial charge in [-0.1, -0.05) is 11.6 Å². The standard InChI is InChI=1S/C14H12ClN3O3/c1-21-14(20)9-2-3-10(15)11(6-9)18-13(19)8-4-5-17-12(16)7-8/h2-7H,1H3,(H2,16,17)(H,18,19). The number of halogens is 1. The Morgan fingerprint density at radius 1 is 1.24 bits per heavy atom. The molecule has 0 fully saturated rings. The molecule has 1 aromatic carbocycles. The van der Waals surface area contributed by atoms with Crippen molar-refractivity contribution in [2.75, 3.05) is 18.2 Å². The van der Waals surface area contributed by atoms with E-state index in [1.54, 1.807) is 0 Å². The number of nitrogens with one attached hydrogen (secondary N) is 1. The molecule has 0 saturated heterocycles. The maximum Gasteiger partial charge on any atom is 0.337 e. The monoisotopic (exact) mass is 305 g/mol. The molecule has 6 nitrogen and oxygen atoms in total. The van der Waals surface area contributed by atoms with Crippen LogP contribution in [-0.2, 0) is 4.74 Å². The Labute approximate surface area is 125 Å². The molecule has 0 unspecified atom stereocenters. The summed E-state index contributed by atoms with van der Waals surface area (Å²) in [5.74, 6) is -0.694. The van der Waals surface area contributed by atoms with Crippen LogP contribution in [0.15, 0.2) is 36.5 Å². The van der Waals surface area contributed by atoms with Gasteiger partial charge < -0.3 is 15.8 Å². The highest BCUT2D eigenvalue weighted by molar-refractivity contribution is 6.34. The van der Waals surface area contributed by atoms with Crippen LogP contribution in [0, 0.1) is 0 Å². The first-order valence-electron chi connectivity index (χ1n) is 5.92. The molecule has 0 radical (unpaired) electrons. The predicted molar refractivity (Wildman–Crippen MR) is 79.4 cm³/mol. The summed E-state index contributed by atoms with van der Waals surface area (Å²) in [6.45, 7) is 0. The van der Waals surface area contributed by atoms with Crippen LogP contribution in [0.3, 0.4) is 0 Å². The van der Waals surface area contributed by atoms with Crippen LogP contribution in [0.4, 0.5) is 11.5 Å². The highest BCUT2D eigenvalue weighted by Crippen LogP contribution is 2.24. The van der Waals surface area contributed by atoms with E-state index in [0.717, 1.165) is 0 Å². The average Bonchev–Trinajstić information content (AvgIpc) is 2.48. The number of nitrogen functional groups attached to an aromatic ring is 1. The van der Waals surface area contributed by atoms with Crippen molar-refractivity contribution in [1.82, 2.24) is 4.98 Å². The largest absolute Gasteiger partial charge is 0.465 e. The van der Waals surface area contributed by atoms with Crippen molar-refractivity contribution in [3.8, 4) is 0 Å². The van der Waals surface area contributed by atoms with E-state index < -0.39 is 11.9 Å². The van der Waals surface area contributed by atoms with Crippen LogP contribution >= 0.6 is 11.6 Å². The summed E-state index contributed by atoms with van der Waals surface area (Å²) in [6, 6.07) is 7.41. The number of nitrogens with two attached hydrogens (primary N) is 1. The Bertz CT molecular complexity index is 704. The number of hydrogen-bond acceptors (Lipinski definition) is 5. The van der Waals surface area contributed by atoms with Crippen molar-refractivity contribution < 1.29 is 14.3 Å². The van der Waals surface area contributed by atoms with Gasteiger partial charge in [-0.05, 0) is 30.3 Å². The predicted octanol–water partition coefficient (Wildman–Crippen LogP) is 2.36. The maximum absolute atomic E-state index is 12.1. The van der Waals surface area contributed by atoms with Gasteiger partial charge in [0.25, 0.3) is 5.91 Å². The quantitative estimate of drug-likeness (QED) is 0.849. The number of amides is 1. The molecule has 0 aliphatic heterocycles. The molecule has 21 heavy (non-hydrogen) atoms. The fourth-order valence-corrected chi connectivity index (χ4v) is 1.81. The summed E-state index contributed by atoms with van der Waals surface area (Å²) >= 11 is 6.00. The minimum Gasteiger partial charge on any atom is -0.465 e. The van der Waals surface area contributed by atoms with Gasteiger partial charge in [-0.3, -0.25) is 4.79 Å². The Morgan fingerprint density at radius 3 is 2.67 bits per heavy atom. The number of benzene rings is 1. The maximum atomic E-state index is 12.1. The molecular weight excluding hydrogens is 294 g/mol. The number of carbonyl (C=O) groups is 2. The molecule has 7 heteroatoms. The van der Waals surface area contributed by atoms with E-state index in [2.05, 4.69) is 15.0 Å². The highest BCUT2D eigenvalue weighted by Gasteiger charge is 2.12. The molecular formula is C14H12ClN3O3. The molecule has 0 bridgehead atoms. The first-order chi connectivity index (χ1) is 10.0. The van der Waals surface area contributed by atoms with Gasteiger partial charge in [0.2, 0.25) is 0 Å². The Hall–Kier alpha value is -2.60. The normalized spacial score (nSPS) is 10.0. The van der Waals surface area contributed by atoms with Gasteiger partial charge in [-0.2, -0.15) is 0 Å². The fraction of sp³-hybridized carbons (Fsp3) is 0.0714. The number of nitrogens with zero attached hydrogens (tertiary/aromatic N) is 1. The van der Waals surface area contributed by atoms with E-state index >= 15 is 0 Å². The lowest BCUT2D eigenvalue weighted by atomic mass is 10.2. The van der Waals surface area contributed by atoms with E-state index in [4.69, 9.17) is 17.3 Å². The molecule has 1 heterocycles.